The van der Waals surface area contributed by atoms with Gasteiger partial charge in [0.25, 0.3) is 0 Å². The number of aromatic nitrogens is 4. The molecule has 2 amide bonds. The van der Waals surface area contributed by atoms with Gasteiger partial charge in [-0.05, 0) is 5.56 Å². The summed E-state index contributed by atoms with van der Waals surface area (Å²) in [4.78, 5) is 36.2. The molecule has 0 radical (unpaired) electrons. The number of nitrogens with two attached hydrogens (primary N) is 1. The molecule has 10 heteroatoms. The fraction of sp³-hybridized carbons (Fsp3) is 0.235. The number of hydrogen-bond donors (Lipinski definition) is 3. The number of anilines is 1. The van der Waals surface area contributed by atoms with Gasteiger partial charge in [-0.1, -0.05) is 30.3 Å². The van der Waals surface area contributed by atoms with E-state index in [9.17, 15) is 9.59 Å². The molecule has 0 aliphatic rings. The Morgan fingerprint density at radius 3 is 2.74 bits per heavy atom. The maximum absolute atomic E-state index is 12.0. The standard InChI is InChI=1S/C17H19N7O3/c18-6-7-19-13(25)8-24-11-22-14-15(20-10-21-16(14)24)23-17(26)27-9-12-4-2-1-3-5-12/h1-5,10-11H,6-9,18H2,(H,19,25)(H,20,21,23,26). The second-order valence-corrected chi connectivity index (χ2v) is 5.59. The lowest BCUT2D eigenvalue weighted by Gasteiger charge is -2.07. The van der Waals surface area contributed by atoms with Gasteiger partial charge in [-0.2, -0.15) is 0 Å². The highest BCUT2D eigenvalue weighted by Crippen LogP contribution is 2.17. The van der Waals surface area contributed by atoms with Crippen molar-refractivity contribution in [3.63, 3.8) is 0 Å². The minimum Gasteiger partial charge on any atom is -0.444 e. The predicted molar refractivity (Wildman–Crippen MR) is 97.6 cm³/mol. The Morgan fingerprint density at radius 2 is 1.96 bits per heavy atom. The van der Waals surface area contributed by atoms with Gasteiger partial charge in [-0.25, -0.2) is 19.7 Å². The maximum Gasteiger partial charge on any atom is 0.413 e. The molecule has 3 aromatic rings. The molecule has 0 atom stereocenters. The number of nitrogens with zero attached hydrogens (tertiary/aromatic N) is 4. The molecule has 3 rings (SSSR count). The second kappa shape index (κ2) is 8.72. The number of ether oxygens (including phenoxy) is 1. The molecule has 0 spiro atoms. The number of carbonyl (C=O) groups is 2. The summed E-state index contributed by atoms with van der Waals surface area (Å²) in [5, 5.41) is 5.22. The fourth-order valence-electron chi connectivity index (χ4n) is 2.37. The van der Waals surface area contributed by atoms with Gasteiger partial charge in [0.05, 0.1) is 6.33 Å². The summed E-state index contributed by atoms with van der Waals surface area (Å²) >= 11 is 0. The Bertz CT molecular complexity index is 927. The van der Waals surface area contributed by atoms with Crippen LogP contribution in [0.4, 0.5) is 10.6 Å². The molecule has 4 N–H and O–H groups in total. The lowest BCUT2D eigenvalue weighted by atomic mass is 10.2. The summed E-state index contributed by atoms with van der Waals surface area (Å²) in [5.41, 5.74) is 7.02. The van der Waals surface area contributed by atoms with Crippen molar-refractivity contribution in [2.45, 2.75) is 13.2 Å². The molecular formula is C17H19N7O3. The highest BCUT2D eigenvalue weighted by molar-refractivity contribution is 5.93. The van der Waals surface area contributed by atoms with Crippen molar-refractivity contribution >= 4 is 29.0 Å². The summed E-state index contributed by atoms with van der Waals surface area (Å²) in [5.74, 6) is -0.00526. The first-order chi connectivity index (χ1) is 13.2. The average molecular weight is 369 g/mol. The molecule has 27 heavy (non-hydrogen) atoms. The molecule has 1 aromatic carbocycles. The van der Waals surface area contributed by atoms with Gasteiger partial charge in [0, 0.05) is 13.1 Å². The summed E-state index contributed by atoms with van der Waals surface area (Å²) in [6.07, 6.45) is 2.08. The number of nitrogens with one attached hydrogen (secondary N) is 2. The Balaban J connectivity index is 1.66. The predicted octanol–water partition coefficient (Wildman–Crippen LogP) is 0.650. The van der Waals surface area contributed by atoms with Crippen molar-refractivity contribution in [2.24, 2.45) is 5.73 Å². The molecule has 0 aliphatic heterocycles. The number of rotatable bonds is 7. The molecule has 0 unspecified atom stereocenters. The largest absolute Gasteiger partial charge is 0.444 e. The molecule has 10 nitrogen and oxygen atoms in total. The highest BCUT2D eigenvalue weighted by Gasteiger charge is 2.14. The van der Waals surface area contributed by atoms with Gasteiger partial charge >= 0.3 is 6.09 Å². The van der Waals surface area contributed by atoms with Crippen LogP contribution in [0.3, 0.4) is 0 Å². The molecule has 0 saturated heterocycles. The van der Waals surface area contributed by atoms with E-state index < -0.39 is 6.09 Å². The zero-order chi connectivity index (χ0) is 19.1. The van der Waals surface area contributed by atoms with Gasteiger partial charge in [-0.3, -0.25) is 10.1 Å². The van der Waals surface area contributed by atoms with Crippen LogP contribution < -0.4 is 16.4 Å². The number of hydrogen-bond acceptors (Lipinski definition) is 7. The Hall–Kier alpha value is -3.53. The van der Waals surface area contributed by atoms with Gasteiger partial charge in [0.2, 0.25) is 5.91 Å². The first kappa shape index (κ1) is 18.3. The van der Waals surface area contributed by atoms with Crippen molar-refractivity contribution < 1.29 is 14.3 Å². The first-order valence-electron chi connectivity index (χ1n) is 8.27. The zero-order valence-electron chi connectivity index (χ0n) is 14.5. The Kier molecular flexibility index (Phi) is 5.90. The number of benzene rings is 1. The molecule has 140 valence electrons. The monoisotopic (exact) mass is 369 g/mol. The van der Waals surface area contributed by atoms with Gasteiger partial charge in [0.15, 0.2) is 17.0 Å². The van der Waals surface area contributed by atoms with E-state index in [0.29, 0.717) is 24.3 Å². The van der Waals surface area contributed by atoms with Crippen molar-refractivity contribution in [2.75, 3.05) is 18.4 Å². The third-order valence-corrected chi connectivity index (χ3v) is 3.61. The summed E-state index contributed by atoms with van der Waals surface area (Å²) in [7, 11) is 0. The van der Waals surface area contributed by atoms with Crippen molar-refractivity contribution in [1.82, 2.24) is 24.8 Å². The minimum atomic E-state index is -0.658. The fourth-order valence-corrected chi connectivity index (χ4v) is 2.37. The van der Waals surface area contributed by atoms with Crippen molar-refractivity contribution in [3.8, 4) is 0 Å². The van der Waals surface area contributed by atoms with Crippen molar-refractivity contribution in [1.29, 1.82) is 0 Å². The SMILES string of the molecule is NCCNC(=O)Cn1cnc2c(NC(=O)OCc3ccccc3)ncnc21. The molecule has 2 heterocycles. The number of fused-ring (bicyclic) bond motifs is 1. The van der Waals surface area contributed by atoms with Gasteiger partial charge in [-0.15, -0.1) is 0 Å². The molecule has 0 fully saturated rings. The van der Waals surface area contributed by atoms with Crippen molar-refractivity contribution in [3.05, 3.63) is 48.5 Å². The van der Waals surface area contributed by atoms with Gasteiger partial charge in [0.1, 0.15) is 19.5 Å². The van der Waals surface area contributed by atoms with Crippen LogP contribution in [0.15, 0.2) is 43.0 Å². The summed E-state index contributed by atoms with van der Waals surface area (Å²) < 4.78 is 6.73. The summed E-state index contributed by atoms with van der Waals surface area (Å²) in [6, 6.07) is 9.32. The molecule has 0 saturated carbocycles. The van der Waals surface area contributed by atoms with E-state index >= 15 is 0 Å². The van der Waals surface area contributed by atoms with Crippen LogP contribution in [0.25, 0.3) is 11.2 Å². The Labute approximate surface area is 154 Å². The lowest BCUT2D eigenvalue weighted by molar-refractivity contribution is -0.121. The van der Waals surface area contributed by atoms with Crippen LogP contribution in [0.2, 0.25) is 0 Å². The number of amides is 2. The molecule has 0 bridgehead atoms. The maximum atomic E-state index is 12.0. The average Bonchev–Trinajstić information content (AvgIpc) is 3.09. The van der Waals surface area contributed by atoms with E-state index in [1.807, 2.05) is 30.3 Å². The normalized spacial score (nSPS) is 10.6. The number of carbonyl (C=O) groups excluding carboxylic acids is 2. The molecule has 2 aromatic heterocycles. The van der Waals surface area contributed by atoms with E-state index in [1.54, 1.807) is 4.57 Å². The van der Waals surface area contributed by atoms with E-state index in [1.165, 1.54) is 12.7 Å². The van der Waals surface area contributed by atoms with Crippen LogP contribution in [0.1, 0.15) is 5.56 Å². The van der Waals surface area contributed by atoms with Crippen LogP contribution in [0, 0.1) is 0 Å². The molecular weight excluding hydrogens is 350 g/mol. The van der Waals surface area contributed by atoms with E-state index in [-0.39, 0.29) is 24.9 Å². The third kappa shape index (κ3) is 4.76. The second-order valence-electron chi connectivity index (χ2n) is 5.59. The lowest BCUT2D eigenvalue weighted by Crippen LogP contribution is -2.31. The zero-order valence-corrected chi connectivity index (χ0v) is 14.5. The Morgan fingerprint density at radius 1 is 1.15 bits per heavy atom. The first-order valence-corrected chi connectivity index (χ1v) is 8.27. The van der Waals surface area contributed by atoms with Crippen LogP contribution in [-0.4, -0.2) is 44.6 Å². The minimum absolute atomic E-state index is 0.0331. The third-order valence-electron chi connectivity index (χ3n) is 3.61. The van der Waals surface area contributed by atoms with Crippen LogP contribution in [0.5, 0.6) is 0 Å². The topological polar surface area (TPSA) is 137 Å². The van der Waals surface area contributed by atoms with E-state index in [2.05, 4.69) is 25.6 Å². The quantitative estimate of drug-likeness (QED) is 0.556. The van der Waals surface area contributed by atoms with E-state index in [0.717, 1.165) is 5.56 Å². The summed E-state index contributed by atoms with van der Waals surface area (Å²) in [6.45, 7) is 0.917. The number of imidazole rings is 1. The van der Waals surface area contributed by atoms with Gasteiger partial charge < -0.3 is 20.4 Å². The smallest absolute Gasteiger partial charge is 0.413 e. The van der Waals surface area contributed by atoms with E-state index in [4.69, 9.17) is 10.5 Å². The van der Waals surface area contributed by atoms with Crippen LogP contribution >= 0.6 is 0 Å². The van der Waals surface area contributed by atoms with Crippen LogP contribution in [-0.2, 0) is 22.7 Å². The molecule has 0 aliphatic carbocycles. The highest BCUT2D eigenvalue weighted by atomic mass is 16.5.